The van der Waals surface area contributed by atoms with Gasteiger partial charge < -0.3 is 4.74 Å². The second kappa shape index (κ2) is 8.11. The lowest BCUT2D eigenvalue weighted by atomic mass is 10.2. The van der Waals surface area contributed by atoms with Crippen molar-refractivity contribution >= 4 is 11.6 Å². The van der Waals surface area contributed by atoms with Crippen LogP contribution < -0.4 is 0 Å². The lowest BCUT2D eigenvalue weighted by molar-refractivity contribution is 0.199. The van der Waals surface area contributed by atoms with Crippen LogP contribution >= 0.6 is 11.6 Å². The Bertz CT molecular complexity index is 346. The summed E-state index contributed by atoms with van der Waals surface area (Å²) >= 11 is 5.45. The lowest BCUT2D eigenvalue weighted by Crippen LogP contribution is -1.90. The van der Waals surface area contributed by atoms with Crippen molar-refractivity contribution in [3.63, 3.8) is 0 Å². The minimum Gasteiger partial charge on any atom is -0.365 e. The van der Waals surface area contributed by atoms with Crippen LogP contribution in [0.2, 0.25) is 0 Å². The maximum atomic E-state index is 5.45. The summed E-state index contributed by atoms with van der Waals surface area (Å²) < 4.78 is 5.24. The SMILES string of the molecule is ClC/C=C\COCC#Cc1ccccc1. The molecular weight excluding hydrogens is 208 g/mol. The predicted octanol–water partition coefficient (Wildman–Crippen LogP) is 2.85. The van der Waals surface area contributed by atoms with Crippen LogP contribution in [0, 0.1) is 11.8 Å². The molecule has 0 saturated heterocycles. The van der Waals surface area contributed by atoms with Gasteiger partial charge >= 0.3 is 0 Å². The minimum absolute atomic E-state index is 0.446. The van der Waals surface area contributed by atoms with Gasteiger partial charge in [0.2, 0.25) is 0 Å². The molecule has 0 aromatic heterocycles. The second-order valence-corrected chi connectivity index (χ2v) is 3.12. The zero-order valence-corrected chi connectivity index (χ0v) is 9.20. The first-order chi connectivity index (χ1) is 7.43. The van der Waals surface area contributed by atoms with Gasteiger partial charge in [0.1, 0.15) is 6.61 Å². The number of hydrogen-bond donors (Lipinski definition) is 0. The fourth-order valence-corrected chi connectivity index (χ4v) is 1.09. The van der Waals surface area contributed by atoms with Gasteiger partial charge in [-0.05, 0) is 12.1 Å². The van der Waals surface area contributed by atoms with Crippen molar-refractivity contribution in [1.29, 1.82) is 0 Å². The molecule has 0 amide bonds. The Kier molecular flexibility index (Phi) is 6.40. The van der Waals surface area contributed by atoms with E-state index in [9.17, 15) is 0 Å². The number of ether oxygens (including phenoxy) is 1. The summed E-state index contributed by atoms with van der Waals surface area (Å²) in [5.41, 5.74) is 1.01. The van der Waals surface area contributed by atoms with E-state index in [-0.39, 0.29) is 0 Å². The van der Waals surface area contributed by atoms with Gasteiger partial charge in [-0.1, -0.05) is 42.2 Å². The van der Waals surface area contributed by atoms with Gasteiger partial charge in [-0.2, -0.15) is 0 Å². The van der Waals surface area contributed by atoms with Gasteiger partial charge in [0.05, 0.1) is 6.61 Å². The van der Waals surface area contributed by atoms with Crippen LogP contribution in [0.3, 0.4) is 0 Å². The molecule has 0 fully saturated rings. The second-order valence-electron chi connectivity index (χ2n) is 2.81. The third kappa shape index (κ3) is 5.96. The van der Waals surface area contributed by atoms with Crippen LogP contribution in [0.1, 0.15) is 5.56 Å². The lowest BCUT2D eigenvalue weighted by Gasteiger charge is -1.91. The smallest absolute Gasteiger partial charge is 0.108 e. The maximum absolute atomic E-state index is 5.45. The first-order valence-electron chi connectivity index (χ1n) is 4.76. The normalized spacial score (nSPS) is 9.93. The van der Waals surface area contributed by atoms with Crippen molar-refractivity contribution in [2.75, 3.05) is 19.1 Å². The molecule has 0 aliphatic heterocycles. The van der Waals surface area contributed by atoms with Crippen LogP contribution in [-0.4, -0.2) is 19.1 Å². The number of halogens is 1. The van der Waals surface area contributed by atoms with Gasteiger partial charge in [0, 0.05) is 11.4 Å². The molecule has 0 heterocycles. The van der Waals surface area contributed by atoms with Gasteiger partial charge in [-0.15, -0.1) is 11.6 Å². The van der Waals surface area contributed by atoms with E-state index in [0.29, 0.717) is 19.1 Å². The Morgan fingerprint density at radius 3 is 2.73 bits per heavy atom. The van der Waals surface area contributed by atoms with Gasteiger partial charge in [-0.25, -0.2) is 0 Å². The number of rotatable bonds is 4. The fraction of sp³-hybridized carbons (Fsp3) is 0.231. The molecule has 0 aliphatic rings. The van der Waals surface area contributed by atoms with E-state index in [2.05, 4.69) is 11.8 Å². The summed E-state index contributed by atoms with van der Waals surface area (Å²) in [5.74, 6) is 6.48. The van der Waals surface area contributed by atoms with Gasteiger partial charge in [0.25, 0.3) is 0 Å². The molecule has 0 spiro atoms. The zero-order chi connectivity index (χ0) is 10.8. The monoisotopic (exact) mass is 220 g/mol. The third-order valence-electron chi connectivity index (χ3n) is 1.65. The summed E-state index contributed by atoms with van der Waals surface area (Å²) in [7, 11) is 0. The van der Waals surface area contributed by atoms with Crippen molar-refractivity contribution in [3.05, 3.63) is 48.0 Å². The molecule has 0 unspecified atom stereocenters. The highest BCUT2D eigenvalue weighted by molar-refractivity contribution is 6.18. The van der Waals surface area contributed by atoms with Crippen LogP contribution in [0.15, 0.2) is 42.5 Å². The van der Waals surface area contributed by atoms with E-state index in [4.69, 9.17) is 16.3 Å². The minimum atomic E-state index is 0.446. The van der Waals surface area contributed by atoms with E-state index < -0.39 is 0 Å². The number of allylic oxidation sites excluding steroid dienone is 1. The maximum Gasteiger partial charge on any atom is 0.108 e. The standard InChI is InChI=1S/C13H13ClO/c14-10-4-5-11-15-12-6-9-13-7-2-1-3-8-13/h1-5,7-8H,10-12H2/b5-4-. The molecule has 78 valence electrons. The average molecular weight is 221 g/mol. The summed E-state index contributed by atoms with van der Waals surface area (Å²) in [6.07, 6.45) is 3.74. The third-order valence-corrected chi connectivity index (χ3v) is 1.83. The summed E-state index contributed by atoms with van der Waals surface area (Å²) in [4.78, 5) is 0. The largest absolute Gasteiger partial charge is 0.365 e. The topological polar surface area (TPSA) is 9.23 Å². The quantitative estimate of drug-likeness (QED) is 0.328. The molecule has 1 nitrogen and oxygen atoms in total. The molecule has 0 atom stereocenters. The Morgan fingerprint density at radius 1 is 1.20 bits per heavy atom. The van der Waals surface area contributed by atoms with Crippen LogP contribution in [0.25, 0.3) is 0 Å². The molecule has 0 N–H and O–H groups in total. The molecule has 0 aliphatic carbocycles. The predicted molar refractivity (Wildman–Crippen MR) is 64.0 cm³/mol. The molecule has 0 saturated carbocycles. The van der Waals surface area contributed by atoms with Gasteiger partial charge in [-0.3, -0.25) is 0 Å². The molecule has 1 aromatic rings. The van der Waals surface area contributed by atoms with Crippen LogP contribution in [-0.2, 0) is 4.74 Å². The highest BCUT2D eigenvalue weighted by Crippen LogP contribution is 1.94. The highest BCUT2D eigenvalue weighted by Gasteiger charge is 1.81. The van der Waals surface area contributed by atoms with E-state index in [1.807, 2.05) is 42.5 Å². The molecule has 15 heavy (non-hydrogen) atoms. The number of hydrogen-bond acceptors (Lipinski definition) is 1. The van der Waals surface area contributed by atoms with E-state index >= 15 is 0 Å². The fourth-order valence-electron chi connectivity index (χ4n) is 0.969. The molecule has 2 heteroatoms. The Morgan fingerprint density at radius 2 is 2.00 bits per heavy atom. The number of benzene rings is 1. The molecule has 1 rings (SSSR count). The van der Waals surface area contributed by atoms with Crippen molar-refractivity contribution in [3.8, 4) is 11.8 Å². The Hall–Kier alpha value is -1.23. The Labute approximate surface area is 95.7 Å². The summed E-state index contributed by atoms with van der Waals surface area (Å²) in [6.45, 7) is 1.01. The molecule has 1 aromatic carbocycles. The van der Waals surface area contributed by atoms with Crippen molar-refractivity contribution in [1.82, 2.24) is 0 Å². The van der Waals surface area contributed by atoms with E-state index in [1.165, 1.54) is 0 Å². The summed E-state index contributed by atoms with van der Waals surface area (Å²) in [6, 6.07) is 9.85. The molecule has 0 bridgehead atoms. The van der Waals surface area contributed by atoms with Crippen molar-refractivity contribution in [2.24, 2.45) is 0 Å². The summed E-state index contributed by atoms with van der Waals surface area (Å²) in [5, 5.41) is 0. The van der Waals surface area contributed by atoms with Gasteiger partial charge in [0.15, 0.2) is 0 Å². The number of alkyl halides is 1. The first kappa shape index (κ1) is 11.8. The zero-order valence-electron chi connectivity index (χ0n) is 8.45. The Balaban J connectivity index is 2.20. The highest BCUT2D eigenvalue weighted by atomic mass is 35.5. The van der Waals surface area contributed by atoms with Crippen LogP contribution in [0.5, 0.6) is 0 Å². The van der Waals surface area contributed by atoms with Crippen LogP contribution in [0.4, 0.5) is 0 Å². The van der Waals surface area contributed by atoms with Crippen molar-refractivity contribution < 1.29 is 4.74 Å². The average Bonchev–Trinajstić information content (AvgIpc) is 2.29. The van der Waals surface area contributed by atoms with E-state index in [0.717, 1.165) is 5.56 Å². The van der Waals surface area contributed by atoms with Crippen molar-refractivity contribution in [2.45, 2.75) is 0 Å². The first-order valence-corrected chi connectivity index (χ1v) is 5.29. The van der Waals surface area contributed by atoms with E-state index in [1.54, 1.807) is 0 Å². The molecular formula is C13H13ClO. The molecule has 0 radical (unpaired) electrons.